The SMILES string of the molecule is CC(=O)O[C@@H]1C[C@](F)(C(F)(F)F)[C@](F)(C(F)(F)F)C[C@@H]1Cl. The van der Waals surface area contributed by atoms with Crippen LogP contribution >= 0.6 is 11.6 Å². The van der Waals surface area contributed by atoms with Crippen LogP contribution in [0.4, 0.5) is 35.1 Å². The van der Waals surface area contributed by atoms with Gasteiger partial charge in [-0.3, -0.25) is 4.79 Å². The molecule has 0 N–H and O–H groups in total. The first kappa shape index (κ1) is 18.2. The Morgan fingerprint density at radius 1 is 1.05 bits per heavy atom. The van der Waals surface area contributed by atoms with E-state index in [-0.39, 0.29) is 0 Å². The van der Waals surface area contributed by atoms with Gasteiger partial charge >= 0.3 is 18.3 Å². The van der Waals surface area contributed by atoms with Gasteiger partial charge in [0, 0.05) is 19.8 Å². The molecule has 0 spiro atoms. The lowest BCUT2D eigenvalue weighted by molar-refractivity contribution is -0.358. The van der Waals surface area contributed by atoms with E-state index < -0.39 is 54.0 Å². The summed E-state index contributed by atoms with van der Waals surface area (Å²) in [5, 5.41) is -1.95. The maximum atomic E-state index is 14.0. The van der Waals surface area contributed by atoms with Gasteiger partial charge in [0.05, 0.1) is 5.38 Å². The zero-order chi connectivity index (χ0) is 16.9. The zero-order valence-electron chi connectivity index (χ0n) is 10.3. The third-order valence-corrected chi connectivity index (χ3v) is 3.64. The number of esters is 1. The smallest absolute Gasteiger partial charge is 0.426 e. The van der Waals surface area contributed by atoms with E-state index in [1.54, 1.807) is 0 Å². The van der Waals surface area contributed by atoms with E-state index in [0.29, 0.717) is 0 Å². The second kappa shape index (κ2) is 5.13. The van der Waals surface area contributed by atoms with Gasteiger partial charge in [0.2, 0.25) is 5.67 Å². The van der Waals surface area contributed by atoms with E-state index in [9.17, 15) is 39.9 Å². The molecular formula is C10H9ClF8O2. The lowest BCUT2D eigenvalue weighted by Gasteiger charge is -2.47. The number of hydrogen-bond donors (Lipinski definition) is 0. The zero-order valence-corrected chi connectivity index (χ0v) is 11.0. The molecule has 0 aromatic heterocycles. The first-order chi connectivity index (χ1) is 9.16. The summed E-state index contributed by atoms with van der Waals surface area (Å²) < 4.78 is 108. The monoisotopic (exact) mass is 348 g/mol. The molecule has 0 aromatic rings. The molecule has 0 bridgehead atoms. The van der Waals surface area contributed by atoms with Crippen molar-refractivity contribution in [3.05, 3.63) is 0 Å². The molecule has 0 saturated heterocycles. The number of carbonyl (C=O) groups is 1. The Hall–Kier alpha value is -0.800. The van der Waals surface area contributed by atoms with Crippen molar-refractivity contribution in [1.29, 1.82) is 0 Å². The summed E-state index contributed by atoms with van der Waals surface area (Å²) in [6.07, 6.45) is -18.4. The van der Waals surface area contributed by atoms with E-state index >= 15 is 0 Å². The average molecular weight is 349 g/mol. The second-order valence-corrected chi connectivity index (χ2v) is 5.23. The van der Waals surface area contributed by atoms with Crippen LogP contribution in [-0.4, -0.2) is 41.1 Å². The van der Waals surface area contributed by atoms with Gasteiger partial charge < -0.3 is 4.74 Å². The summed E-state index contributed by atoms with van der Waals surface area (Å²) in [7, 11) is 0. The normalized spacial score (nSPS) is 38.2. The van der Waals surface area contributed by atoms with Crippen molar-refractivity contribution in [2.45, 2.75) is 54.9 Å². The van der Waals surface area contributed by atoms with Crippen molar-refractivity contribution in [1.82, 2.24) is 0 Å². The van der Waals surface area contributed by atoms with Gasteiger partial charge in [0.15, 0.2) is 0 Å². The molecule has 11 heteroatoms. The van der Waals surface area contributed by atoms with Gasteiger partial charge in [-0.15, -0.1) is 11.6 Å². The summed E-state index contributed by atoms with van der Waals surface area (Å²) in [5.41, 5.74) is -10.5. The van der Waals surface area contributed by atoms with Gasteiger partial charge in [-0.25, -0.2) is 8.78 Å². The molecule has 0 amide bonds. The number of alkyl halides is 9. The molecule has 124 valence electrons. The van der Waals surface area contributed by atoms with Gasteiger partial charge in [-0.2, -0.15) is 26.3 Å². The molecule has 0 radical (unpaired) electrons. The number of rotatable bonds is 1. The lowest BCUT2D eigenvalue weighted by atomic mass is 9.71. The van der Waals surface area contributed by atoms with Crippen LogP contribution < -0.4 is 0 Å². The molecule has 1 aliphatic carbocycles. The van der Waals surface area contributed by atoms with E-state index in [0.717, 1.165) is 6.92 Å². The molecule has 4 atom stereocenters. The maximum Gasteiger partial charge on any atom is 0.426 e. The summed E-state index contributed by atoms with van der Waals surface area (Å²) in [5.74, 6) is -1.17. The minimum atomic E-state index is -6.16. The predicted molar refractivity (Wildman–Crippen MR) is 54.2 cm³/mol. The van der Waals surface area contributed by atoms with Gasteiger partial charge in [0.25, 0.3) is 5.67 Å². The Morgan fingerprint density at radius 3 is 1.76 bits per heavy atom. The summed E-state index contributed by atoms with van der Waals surface area (Å²) in [4.78, 5) is 10.7. The molecule has 21 heavy (non-hydrogen) atoms. The summed E-state index contributed by atoms with van der Waals surface area (Å²) >= 11 is 5.34. The van der Waals surface area contributed by atoms with Crippen molar-refractivity contribution in [3.8, 4) is 0 Å². The molecule has 0 aromatic carbocycles. The Bertz CT molecular complexity index is 422. The van der Waals surface area contributed by atoms with E-state index in [2.05, 4.69) is 4.74 Å². The minimum Gasteiger partial charge on any atom is -0.461 e. The predicted octanol–water partition coefficient (Wildman–Crippen LogP) is 3.86. The lowest BCUT2D eigenvalue weighted by Crippen LogP contribution is -2.70. The fourth-order valence-corrected chi connectivity index (χ4v) is 2.49. The highest BCUT2D eigenvalue weighted by atomic mass is 35.5. The topological polar surface area (TPSA) is 26.3 Å². The van der Waals surface area contributed by atoms with E-state index in [4.69, 9.17) is 11.6 Å². The third-order valence-electron chi connectivity index (χ3n) is 3.21. The first-order valence-electron chi connectivity index (χ1n) is 5.48. The van der Waals surface area contributed by atoms with Crippen LogP contribution in [0.2, 0.25) is 0 Å². The number of halogens is 9. The Morgan fingerprint density at radius 2 is 1.43 bits per heavy atom. The maximum absolute atomic E-state index is 14.0. The van der Waals surface area contributed by atoms with Crippen LogP contribution in [0.1, 0.15) is 19.8 Å². The minimum absolute atomic E-state index is 0.748. The van der Waals surface area contributed by atoms with Crippen molar-refractivity contribution >= 4 is 17.6 Å². The van der Waals surface area contributed by atoms with Crippen molar-refractivity contribution in [2.24, 2.45) is 0 Å². The first-order valence-corrected chi connectivity index (χ1v) is 5.92. The van der Waals surface area contributed by atoms with Crippen LogP contribution in [0.3, 0.4) is 0 Å². The highest BCUT2D eigenvalue weighted by Gasteiger charge is 2.81. The van der Waals surface area contributed by atoms with E-state index in [1.165, 1.54) is 0 Å². The van der Waals surface area contributed by atoms with Crippen LogP contribution in [-0.2, 0) is 9.53 Å². The van der Waals surface area contributed by atoms with Gasteiger partial charge in [0.1, 0.15) is 6.10 Å². The van der Waals surface area contributed by atoms with E-state index in [1.807, 2.05) is 0 Å². The molecule has 1 aliphatic rings. The van der Waals surface area contributed by atoms with Gasteiger partial charge in [-0.05, 0) is 0 Å². The quantitative estimate of drug-likeness (QED) is 0.409. The fourth-order valence-electron chi connectivity index (χ4n) is 2.14. The highest BCUT2D eigenvalue weighted by Crippen LogP contribution is 2.59. The molecule has 0 aliphatic heterocycles. The van der Waals surface area contributed by atoms with Crippen molar-refractivity contribution < 1.29 is 44.7 Å². The van der Waals surface area contributed by atoms with Crippen LogP contribution in [0.15, 0.2) is 0 Å². The molecule has 1 rings (SSSR count). The number of hydrogen-bond acceptors (Lipinski definition) is 2. The summed E-state index contributed by atoms with van der Waals surface area (Å²) in [6.45, 7) is 0.748. The van der Waals surface area contributed by atoms with Crippen LogP contribution in [0.25, 0.3) is 0 Å². The van der Waals surface area contributed by atoms with Crippen molar-refractivity contribution in [2.75, 3.05) is 0 Å². The number of carbonyl (C=O) groups excluding carboxylic acids is 1. The molecule has 0 heterocycles. The Balaban J connectivity index is 3.32. The largest absolute Gasteiger partial charge is 0.461 e. The molecule has 1 saturated carbocycles. The fraction of sp³-hybridized carbons (Fsp3) is 0.900. The third kappa shape index (κ3) is 2.91. The Labute approximate surface area is 118 Å². The molecule has 0 unspecified atom stereocenters. The average Bonchev–Trinajstić information content (AvgIpc) is 2.22. The molecular weight excluding hydrogens is 340 g/mol. The molecule has 2 nitrogen and oxygen atoms in total. The Kier molecular flexibility index (Phi) is 4.46. The van der Waals surface area contributed by atoms with Crippen LogP contribution in [0, 0.1) is 0 Å². The highest BCUT2D eigenvalue weighted by molar-refractivity contribution is 6.21. The van der Waals surface area contributed by atoms with Crippen molar-refractivity contribution in [3.63, 3.8) is 0 Å². The van der Waals surface area contributed by atoms with Crippen LogP contribution in [0.5, 0.6) is 0 Å². The standard InChI is InChI=1S/C10H9ClF8O2/c1-4(20)21-6-3-8(13,10(17,18)19)7(12,2-5(6)11)9(14,15)16/h5-6H,2-3H2,1H3/t5-,6+,7-,8+/m0/s1. The molecule has 1 fully saturated rings. The summed E-state index contributed by atoms with van der Waals surface area (Å²) in [6, 6.07) is 0. The number of ether oxygens (including phenoxy) is 1. The second-order valence-electron chi connectivity index (χ2n) is 4.67. The van der Waals surface area contributed by atoms with Gasteiger partial charge in [-0.1, -0.05) is 0 Å².